The number of hydrogen-bond donors (Lipinski definition) is 1. The first-order chi connectivity index (χ1) is 14.8. The van der Waals surface area contributed by atoms with Crippen molar-refractivity contribution in [1.82, 2.24) is 9.80 Å². The lowest BCUT2D eigenvalue weighted by atomic mass is 10.2. The van der Waals surface area contributed by atoms with Crippen LogP contribution >= 0.6 is 0 Å². The largest absolute Gasteiger partial charge is 0.395 e. The Labute approximate surface area is 183 Å². The molecule has 1 fully saturated rings. The van der Waals surface area contributed by atoms with Gasteiger partial charge in [0.1, 0.15) is 0 Å². The quantitative estimate of drug-likeness (QED) is 0.496. The highest BCUT2D eigenvalue weighted by Gasteiger charge is 2.19. The average Bonchev–Trinajstić information content (AvgIpc) is 2.76. The Balaban J connectivity index is 2.04. The van der Waals surface area contributed by atoms with Gasteiger partial charge < -0.3 is 10.0 Å². The molecule has 0 spiro atoms. The van der Waals surface area contributed by atoms with E-state index in [2.05, 4.69) is 59.2 Å². The number of unbranched alkanes of at least 4 members (excludes halogenated alkanes) is 4. The second-order valence-corrected chi connectivity index (χ2v) is 7.20. The van der Waals surface area contributed by atoms with E-state index in [-0.39, 0.29) is 12.5 Å². The molecule has 1 N–H and O–H groups in total. The molecule has 4 heteroatoms. The molecule has 0 radical (unpaired) electrons. The summed E-state index contributed by atoms with van der Waals surface area (Å²) < 4.78 is 0. The summed E-state index contributed by atoms with van der Waals surface area (Å²) in [5.41, 5.74) is 0. The summed E-state index contributed by atoms with van der Waals surface area (Å²) in [5, 5.41) is 8.96. The lowest BCUT2D eigenvalue weighted by Crippen LogP contribution is -2.49. The van der Waals surface area contributed by atoms with Gasteiger partial charge in [-0.1, -0.05) is 55.3 Å². The minimum Gasteiger partial charge on any atom is -0.395 e. The second-order valence-electron chi connectivity index (χ2n) is 7.20. The smallest absolute Gasteiger partial charge is 0.222 e. The zero-order chi connectivity index (χ0) is 21.7. The third kappa shape index (κ3) is 13.7. The van der Waals surface area contributed by atoms with Crippen molar-refractivity contribution < 1.29 is 9.90 Å². The van der Waals surface area contributed by atoms with Gasteiger partial charge in [0.05, 0.1) is 25.9 Å². The fourth-order valence-electron chi connectivity index (χ4n) is 3.00. The highest BCUT2D eigenvalue weighted by Crippen LogP contribution is 2.06. The normalized spacial score (nSPS) is 12.9. The summed E-state index contributed by atoms with van der Waals surface area (Å²) in [6.45, 7) is 6.28. The first-order valence-electron chi connectivity index (χ1n) is 11.2. The minimum absolute atomic E-state index is 0.179. The van der Waals surface area contributed by atoms with E-state index in [1.54, 1.807) is 0 Å². The molecule has 1 aliphatic rings. The van der Waals surface area contributed by atoms with Crippen LogP contribution in [0.3, 0.4) is 0 Å². The molecular weight excluding hydrogens is 372 g/mol. The molecule has 0 aromatic rings. The van der Waals surface area contributed by atoms with Gasteiger partial charge in [-0.2, -0.15) is 0 Å². The Morgan fingerprint density at radius 1 is 0.767 bits per heavy atom. The summed E-state index contributed by atoms with van der Waals surface area (Å²) in [5.74, 6) is 24.7. The van der Waals surface area contributed by atoms with Gasteiger partial charge in [0.15, 0.2) is 0 Å². The molecule has 1 heterocycles. The molecule has 162 valence electrons. The van der Waals surface area contributed by atoms with Crippen LogP contribution in [0.1, 0.15) is 71.1 Å². The third-order valence-corrected chi connectivity index (χ3v) is 4.77. The van der Waals surface area contributed by atoms with E-state index >= 15 is 0 Å². The maximum Gasteiger partial charge on any atom is 0.222 e. The van der Waals surface area contributed by atoms with Crippen LogP contribution in [-0.4, -0.2) is 60.1 Å². The summed E-state index contributed by atoms with van der Waals surface area (Å²) in [6.07, 6.45) is 8.47. The van der Waals surface area contributed by atoms with Crippen LogP contribution < -0.4 is 0 Å². The Morgan fingerprint density at radius 3 is 1.83 bits per heavy atom. The summed E-state index contributed by atoms with van der Waals surface area (Å²) in [6, 6.07) is 0. The fraction of sp³-hybridized carbons (Fsp3) is 0.654. The van der Waals surface area contributed by atoms with Crippen molar-refractivity contribution in [3.05, 3.63) is 0 Å². The number of piperazine rings is 1. The van der Waals surface area contributed by atoms with Crippen molar-refractivity contribution >= 4 is 5.91 Å². The van der Waals surface area contributed by atoms with E-state index < -0.39 is 0 Å². The first-order valence-corrected chi connectivity index (χ1v) is 11.2. The van der Waals surface area contributed by atoms with Crippen LogP contribution in [0.15, 0.2) is 0 Å². The van der Waals surface area contributed by atoms with Gasteiger partial charge in [-0.25, -0.2) is 0 Å². The standard InChI is InChI=1S/C26H36N2O2/c1-2-3-4-5-6-7-8-9-10-11-12-13-14-15-16-17-18-19-26(30)28-22-20-27(21-23-28)24-25-29/h29H,2-5,8,11,14,17-25H2,1H3. The predicted molar refractivity (Wildman–Crippen MR) is 123 cm³/mol. The summed E-state index contributed by atoms with van der Waals surface area (Å²) >= 11 is 0. The van der Waals surface area contributed by atoms with Gasteiger partial charge in [0.25, 0.3) is 0 Å². The van der Waals surface area contributed by atoms with Gasteiger partial charge in [0.2, 0.25) is 5.91 Å². The van der Waals surface area contributed by atoms with Gasteiger partial charge in [-0.05, 0) is 12.8 Å². The van der Waals surface area contributed by atoms with Crippen LogP contribution in [0, 0.1) is 47.4 Å². The maximum absolute atomic E-state index is 12.2. The number of nitrogens with zero attached hydrogens (tertiary/aromatic N) is 2. The van der Waals surface area contributed by atoms with Crippen molar-refractivity contribution in [2.75, 3.05) is 39.3 Å². The molecule has 0 unspecified atom stereocenters. The predicted octanol–water partition coefficient (Wildman–Crippen LogP) is 3.06. The average molecular weight is 409 g/mol. The van der Waals surface area contributed by atoms with Crippen LogP contribution in [-0.2, 0) is 4.79 Å². The van der Waals surface area contributed by atoms with Gasteiger partial charge in [0, 0.05) is 52.0 Å². The highest BCUT2D eigenvalue weighted by atomic mass is 16.3. The molecule has 0 atom stereocenters. The molecule has 0 saturated carbocycles. The van der Waals surface area contributed by atoms with E-state index in [0.717, 1.165) is 45.4 Å². The molecule has 0 aliphatic carbocycles. The molecule has 4 nitrogen and oxygen atoms in total. The van der Waals surface area contributed by atoms with Crippen LogP contribution in [0.5, 0.6) is 0 Å². The topological polar surface area (TPSA) is 43.8 Å². The Morgan fingerprint density at radius 2 is 1.30 bits per heavy atom. The molecular formula is C26H36N2O2. The zero-order valence-electron chi connectivity index (χ0n) is 18.6. The van der Waals surface area contributed by atoms with Gasteiger partial charge in [-0.15, -0.1) is 11.8 Å². The van der Waals surface area contributed by atoms with Crippen molar-refractivity contribution in [1.29, 1.82) is 0 Å². The van der Waals surface area contributed by atoms with E-state index in [0.29, 0.717) is 32.2 Å². The van der Waals surface area contributed by atoms with E-state index in [1.165, 1.54) is 19.3 Å². The Kier molecular flexibility index (Phi) is 16.0. The third-order valence-electron chi connectivity index (χ3n) is 4.77. The van der Waals surface area contributed by atoms with Crippen molar-refractivity contribution in [2.24, 2.45) is 0 Å². The number of amides is 1. The van der Waals surface area contributed by atoms with Gasteiger partial charge in [-0.3, -0.25) is 9.69 Å². The highest BCUT2D eigenvalue weighted by molar-refractivity contribution is 5.76. The van der Waals surface area contributed by atoms with Crippen molar-refractivity contribution in [2.45, 2.75) is 71.1 Å². The number of rotatable bonds is 8. The van der Waals surface area contributed by atoms with E-state index in [4.69, 9.17) is 5.11 Å². The van der Waals surface area contributed by atoms with E-state index in [9.17, 15) is 4.79 Å². The number of hydrogen-bond acceptors (Lipinski definition) is 3. The monoisotopic (exact) mass is 408 g/mol. The number of carbonyl (C=O) groups is 1. The Bertz CT molecular complexity index is 720. The zero-order valence-corrected chi connectivity index (χ0v) is 18.6. The SMILES string of the molecule is CCCCCC#CCC#CCC#CCC#CCCCC(=O)N1CCN(CCO)CC1. The molecule has 1 amide bonds. The van der Waals surface area contributed by atoms with Gasteiger partial charge >= 0.3 is 0 Å². The maximum atomic E-state index is 12.2. The minimum atomic E-state index is 0.179. The number of carbonyl (C=O) groups excluding carboxylic acids is 1. The lowest BCUT2D eigenvalue weighted by Gasteiger charge is -2.34. The second kappa shape index (κ2) is 18.6. The number of aliphatic hydroxyl groups excluding tert-OH is 1. The van der Waals surface area contributed by atoms with Crippen molar-refractivity contribution in [3.63, 3.8) is 0 Å². The van der Waals surface area contributed by atoms with E-state index in [1.807, 2.05) is 4.90 Å². The number of β-amino-alcohol motifs (C(OH)–C–C–N with tert-alkyl or cyclic N) is 1. The molecule has 0 aromatic heterocycles. The van der Waals surface area contributed by atoms with Crippen LogP contribution in [0.4, 0.5) is 0 Å². The fourth-order valence-corrected chi connectivity index (χ4v) is 3.00. The van der Waals surface area contributed by atoms with Crippen molar-refractivity contribution in [3.8, 4) is 47.4 Å². The molecule has 1 rings (SSSR count). The first kappa shape index (κ1) is 25.7. The molecule has 30 heavy (non-hydrogen) atoms. The summed E-state index contributed by atoms with van der Waals surface area (Å²) in [7, 11) is 0. The molecule has 0 bridgehead atoms. The number of aliphatic hydroxyl groups is 1. The molecule has 1 saturated heterocycles. The molecule has 0 aromatic carbocycles. The summed E-state index contributed by atoms with van der Waals surface area (Å²) in [4.78, 5) is 16.3. The van der Waals surface area contributed by atoms with Crippen LogP contribution in [0.2, 0.25) is 0 Å². The Hall–Kier alpha value is -2.37. The molecule has 1 aliphatic heterocycles. The van der Waals surface area contributed by atoms with Crippen LogP contribution in [0.25, 0.3) is 0 Å². The lowest BCUT2D eigenvalue weighted by molar-refractivity contribution is -0.133.